The van der Waals surface area contributed by atoms with Gasteiger partial charge in [-0.3, -0.25) is 29.3 Å². The van der Waals surface area contributed by atoms with E-state index in [9.17, 15) is 27.6 Å². The predicted molar refractivity (Wildman–Crippen MR) is 149 cm³/mol. The number of nitrogens with zero attached hydrogens (tertiary/aromatic N) is 4. The van der Waals surface area contributed by atoms with Gasteiger partial charge < -0.3 is 4.90 Å². The van der Waals surface area contributed by atoms with Crippen molar-refractivity contribution in [2.45, 2.75) is 69.6 Å². The van der Waals surface area contributed by atoms with E-state index in [0.717, 1.165) is 34.7 Å². The highest BCUT2D eigenvalue weighted by atomic mass is 19.4. The standard InChI is InChI=1S/C31H32F3N5O3/c1-29(11-13-37(14-12-29)18-30(9-10-30)31(32,33)34)38-17-19(16-35-38)15-20-5-6-23-26-21(20)3-2-4-22(26)28(42)39(23)24-7-8-25(40)36-27(24)41/h2-6,16-17,24H,7-15,18H2,1H3,(H,36,40,41). The third kappa shape index (κ3) is 4.31. The van der Waals surface area contributed by atoms with Crippen LogP contribution in [0.3, 0.4) is 0 Å². The monoisotopic (exact) mass is 579 g/mol. The van der Waals surface area contributed by atoms with E-state index in [1.54, 1.807) is 6.07 Å². The van der Waals surface area contributed by atoms with Crippen molar-refractivity contribution >= 4 is 34.2 Å². The number of carbonyl (C=O) groups is 3. The molecule has 8 nitrogen and oxygen atoms in total. The number of hydrogen-bond donors (Lipinski definition) is 1. The van der Waals surface area contributed by atoms with Crippen LogP contribution in [0.5, 0.6) is 0 Å². The van der Waals surface area contributed by atoms with E-state index >= 15 is 0 Å². The molecule has 1 atom stereocenters. The van der Waals surface area contributed by atoms with Crippen molar-refractivity contribution in [3.05, 3.63) is 59.4 Å². The molecule has 11 heteroatoms. The molecule has 220 valence electrons. The van der Waals surface area contributed by atoms with Crippen molar-refractivity contribution in [2.24, 2.45) is 5.41 Å². The lowest BCUT2D eigenvalue weighted by Gasteiger charge is -2.41. The molecule has 3 aliphatic heterocycles. The van der Waals surface area contributed by atoms with Gasteiger partial charge in [0, 0.05) is 49.6 Å². The van der Waals surface area contributed by atoms with Crippen LogP contribution in [-0.4, -0.2) is 64.3 Å². The third-order valence-electron chi connectivity index (χ3n) is 9.84. The highest BCUT2D eigenvalue weighted by Crippen LogP contribution is 2.58. The van der Waals surface area contributed by atoms with Crippen molar-refractivity contribution in [2.75, 3.05) is 24.5 Å². The van der Waals surface area contributed by atoms with Crippen LogP contribution in [-0.2, 0) is 21.5 Å². The highest BCUT2D eigenvalue weighted by Gasteiger charge is 2.63. The molecule has 1 aromatic heterocycles. The van der Waals surface area contributed by atoms with Gasteiger partial charge in [-0.2, -0.15) is 18.3 Å². The molecule has 1 unspecified atom stereocenters. The van der Waals surface area contributed by atoms with E-state index in [0.29, 0.717) is 30.8 Å². The number of hydrogen-bond acceptors (Lipinski definition) is 5. The molecule has 2 aromatic carbocycles. The van der Waals surface area contributed by atoms with Gasteiger partial charge in [-0.15, -0.1) is 0 Å². The van der Waals surface area contributed by atoms with Crippen LogP contribution in [0.4, 0.5) is 18.9 Å². The normalized spacial score (nSPS) is 23.5. The maximum Gasteiger partial charge on any atom is 0.395 e. The number of anilines is 1. The predicted octanol–water partition coefficient (Wildman–Crippen LogP) is 4.55. The molecule has 1 saturated carbocycles. The van der Waals surface area contributed by atoms with Gasteiger partial charge in [0.2, 0.25) is 11.8 Å². The maximum absolute atomic E-state index is 13.5. The minimum atomic E-state index is -4.14. The number of alkyl halides is 3. The van der Waals surface area contributed by atoms with E-state index in [2.05, 4.69) is 17.3 Å². The van der Waals surface area contributed by atoms with Crippen molar-refractivity contribution in [3.63, 3.8) is 0 Å². The van der Waals surface area contributed by atoms with E-state index in [-0.39, 0.29) is 49.6 Å². The summed E-state index contributed by atoms with van der Waals surface area (Å²) in [7, 11) is 0. The molecule has 3 fully saturated rings. The fourth-order valence-corrected chi connectivity index (χ4v) is 6.96. The fourth-order valence-electron chi connectivity index (χ4n) is 6.96. The first-order chi connectivity index (χ1) is 20.0. The van der Waals surface area contributed by atoms with Crippen molar-refractivity contribution in [1.29, 1.82) is 0 Å². The molecule has 1 aliphatic carbocycles. The molecule has 4 heterocycles. The second kappa shape index (κ2) is 9.39. The summed E-state index contributed by atoms with van der Waals surface area (Å²) in [6, 6.07) is 8.73. The number of benzene rings is 2. The first-order valence-electron chi connectivity index (χ1n) is 14.5. The molecule has 1 N–H and O–H groups in total. The number of carbonyl (C=O) groups excluding carboxylic acids is 3. The number of rotatable bonds is 6. The highest BCUT2D eigenvalue weighted by molar-refractivity contribution is 6.27. The van der Waals surface area contributed by atoms with Gasteiger partial charge in [0.1, 0.15) is 6.04 Å². The van der Waals surface area contributed by atoms with Crippen LogP contribution in [0, 0.1) is 5.41 Å². The zero-order valence-corrected chi connectivity index (χ0v) is 23.3. The summed E-state index contributed by atoms with van der Waals surface area (Å²) < 4.78 is 42.3. The van der Waals surface area contributed by atoms with Crippen LogP contribution in [0.1, 0.15) is 66.9 Å². The Labute approximate surface area is 240 Å². The second-order valence-electron chi connectivity index (χ2n) is 12.6. The van der Waals surface area contributed by atoms with Crippen molar-refractivity contribution < 1.29 is 27.6 Å². The first-order valence-corrected chi connectivity index (χ1v) is 14.5. The van der Waals surface area contributed by atoms with E-state index in [1.807, 2.05) is 46.2 Å². The topological polar surface area (TPSA) is 87.5 Å². The largest absolute Gasteiger partial charge is 0.395 e. The Bertz CT molecular complexity index is 1620. The summed E-state index contributed by atoms with van der Waals surface area (Å²) >= 11 is 0. The average molecular weight is 580 g/mol. The van der Waals surface area contributed by atoms with Crippen LogP contribution in [0.25, 0.3) is 10.8 Å². The molecule has 0 radical (unpaired) electrons. The molecule has 0 spiro atoms. The van der Waals surface area contributed by atoms with Gasteiger partial charge in [-0.1, -0.05) is 18.2 Å². The number of halogens is 3. The number of piperidine rings is 2. The molecular formula is C31H32F3N5O3. The lowest BCUT2D eigenvalue weighted by molar-refractivity contribution is -0.193. The number of nitrogens with one attached hydrogen (secondary N) is 1. The molecule has 7 rings (SSSR count). The summed E-state index contributed by atoms with van der Waals surface area (Å²) in [4.78, 5) is 41.2. The number of imide groups is 1. The summed E-state index contributed by atoms with van der Waals surface area (Å²) in [5, 5.41) is 8.76. The summed E-state index contributed by atoms with van der Waals surface area (Å²) in [5.41, 5.74) is 1.46. The maximum atomic E-state index is 13.5. The summed E-state index contributed by atoms with van der Waals surface area (Å²) in [5.74, 6) is -1.02. The Morgan fingerprint density at radius 1 is 1.05 bits per heavy atom. The quantitative estimate of drug-likeness (QED) is 0.433. The Hall–Kier alpha value is -3.73. The van der Waals surface area contributed by atoms with E-state index in [4.69, 9.17) is 0 Å². The lowest BCUT2D eigenvalue weighted by atomic mass is 9.89. The molecule has 3 aromatic rings. The zero-order chi connectivity index (χ0) is 29.4. The smallest absolute Gasteiger partial charge is 0.302 e. The Balaban J connectivity index is 1.09. The van der Waals surface area contributed by atoms with Gasteiger partial charge in [-0.25, -0.2) is 0 Å². The molecule has 0 bridgehead atoms. The zero-order valence-electron chi connectivity index (χ0n) is 23.3. The van der Waals surface area contributed by atoms with Gasteiger partial charge in [0.05, 0.1) is 22.8 Å². The van der Waals surface area contributed by atoms with Crippen molar-refractivity contribution in [1.82, 2.24) is 20.0 Å². The average Bonchev–Trinajstić information content (AvgIpc) is 3.50. The van der Waals surface area contributed by atoms with Crippen LogP contribution >= 0.6 is 0 Å². The molecule has 4 aliphatic rings. The minimum absolute atomic E-state index is 0.0888. The number of likely N-dealkylation sites (tertiary alicyclic amines) is 1. The Kier molecular flexibility index (Phi) is 6.06. The van der Waals surface area contributed by atoms with Crippen molar-refractivity contribution in [3.8, 4) is 0 Å². The SMILES string of the molecule is CC1(n2cc(Cc3ccc4c5c(cccc35)C(=O)N4C3CCC(=O)NC3=O)cn2)CCN(CC2(C(F)(F)F)CC2)CC1. The lowest BCUT2D eigenvalue weighted by Crippen LogP contribution is -2.53. The third-order valence-corrected chi connectivity index (χ3v) is 9.84. The second-order valence-corrected chi connectivity index (χ2v) is 12.6. The fraction of sp³-hybridized carbons (Fsp3) is 0.484. The van der Waals surface area contributed by atoms with Crippen LogP contribution in [0.2, 0.25) is 0 Å². The number of amides is 3. The Morgan fingerprint density at radius 3 is 2.50 bits per heavy atom. The first kappa shape index (κ1) is 27.1. The minimum Gasteiger partial charge on any atom is -0.302 e. The van der Waals surface area contributed by atoms with E-state index in [1.165, 1.54) is 4.90 Å². The van der Waals surface area contributed by atoms with Gasteiger partial charge in [-0.05, 0) is 67.7 Å². The van der Waals surface area contributed by atoms with Gasteiger partial charge in [0.25, 0.3) is 5.91 Å². The summed E-state index contributed by atoms with van der Waals surface area (Å²) in [6.45, 7) is 3.42. The molecule has 3 amide bonds. The van der Waals surface area contributed by atoms with Crippen LogP contribution < -0.4 is 10.2 Å². The Morgan fingerprint density at radius 2 is 1.81 bits per heavy atom. The van der Waals surface area contributed by atoms with Gasteiger partial charge in [0.15, 0.2) is 0 Å². The summed E-state index contributed by atoms with van der Waals surface area (Å²) in [6.07, 6.45) is 2.69. The molecule has 2 saturated heterocycles. The van der Waals surface area contributed by atoms with E-state index < -0.39 is 23.5 Å². The molecular weight excluding hydrogens is 547 g/mol. The number of aromatic nitrogens is 2. The molecule has 42 heavy (non-hydrogen) atoms. The van der Waals surface area contributed by atoms with Crippen LogP contribution in [0.15, 0.2) is 42.7 Å². The van der Waals surface area contributed by atoms with Gasteiger partial charge >= 0.3 is 6.18 Å².